The number of carbonyl (C=O) groups is 1. The molecule has 1 amide bonds. The Bertz CT molecular complexity index is 756. The van der Waals surface area contributed by atoms with Crippen molar-refractivity contribution < 1.29 is 24.2 Å². The molecule has 0 spiro atoms. The fourth-order valence-electron chi connectivity index (χ4n) is 2.54. The molecule has 1 saturated heterocycles. The monoisotopic (exact) mass is 346 g/mol. The van der Waals surface area contributed by atoms with Crippen LogP contribution in [0.25, 0.3) is 10.8 Å². The molecular weight excluding hydrogens is 328 g/mol. The maximum atomic E-state index is 12.6. The highest BCUT2D eigenvalue weighted by atomic mass is 16.9. The smallest absolute Gasteiger partial charge is 0.294 e. The van der Waals surface area contributed by atoms with Crippen LogP contribution in [-0.4, -0.2) is 43.5 Å². The van der Waals surface area contributed by atoms with Crippen molar-refractivity contribution in [1.29, 1.82) is 0 Å². The van der Waals surface area contributed by atoms with E-state index in [0.717, 1.165) is 16.3 Å². The van der Waals surface area contributed by atoms with Crippen molar-refractivity contribution >= 4 is 16.7 Å². The summed E-state index contributed by atoms with van der Waals surface area (Å²) >= 11 is 0. The SMILES string of the molecule is O=C(NCCO[N+](=O)[O-])C(OCC1CO1)c1cccc2ccccc12. The van der Waals surface area contributed by atoms with E-state index >= 15 is 0 Å². The average Bonchev–Trinajstić information content (AvgIpc) is 3.43. The number of hydrogen-bond acceptors (Lipinski definition) is 6. The number of benzene rings is 2. The minimum atomic E-state index is -0.894. The predicted octanol–water partition coefficient (Wildman–Crippen LogP) is 1.62. The quantitative estimate of drug-likeness (QED) is 0.320. The summed E-state index contributed by atoms with van der Waals surface area (Å²) in [4.78, 5) is 26.9. The molecule has 2 atom stereocenters. The first-order valence-corrected chi connectivity index (χ1v) is 7.91. The first-order valence-electron chi connectivity index (χ1n) is 7.91. The van der Waals surface area contributed by atoms with Crippen LogP contribution in [0.2, 0.25) is 0 Å². The summed E-state index contributed by atoms with van der Waals surface area (Å²) in [5.41, 5.74) is 0.742. The zero-order valence-electron chi connectivity index (χ0n) is 13.4. The summed E-state index contributed by atoms with van der Waals surface area (Å²) in [6.07, 6.45) is -0.811. The molecule has 1 fully saturated rings. The van der Waals surface area contributed by atoms with Gasteiger partial charge in [0.15, 0.2) is 6.10 Å². The van der Waals surface area contributed by atoms with E-state index in [4.69, 9.17) is 9.47 Å². The third-order valence-corrected chi connectivity index (χ3v) is 3.79. The molecule has 8 heteroatoms. The number of nitrogens with one attached hydrogen (secondary N) is 1. The zero-order chi connectivity index (χ0) is 17.6. The number of ether oxygens (including phenoxy) is 2. The number of nitrogens with zero attached hydrogens (tertiary/aromatic N) is 1. The van der Waals surface area contributed by atoms with Gasteiger partial charge in [0.2, 0.25) is 0 Å². The van der Waals surface area contributed by atoms with E-state index in [0.29, 0.717) is 13.2 Å². The van der Waals surface area contributed by atoms with Crippen LogP contribution in [0, 0.1) is 10.1 Å². The second-order valence-corrected chi connectivity index (χ2v) is 5.58. The third kappa shape index (κ3) is 4.65. The lowest BCUT2D eigenvalue weighted by Gasteiger charge is -2.19. The highest BCUT2D eigenvalue weighted by Gasteiger charge is 2.28. The summed E-state index contributed by atoms with van der Waals surface area (Å²) in [6.45, 7) is 0.740. The van der Waals surface area contributed by atoms with Gasteiger partial charge in [0, 0.05) is 6.54 Å². The summed E-state index contributed by atoms with van der Waals surface area (Å²) in [5, 5.41) is 13.8. The van der Waals surface area contributed by atoms with Crippen molar-refractivity contribution in [3.63, 3.8) is 0 Å². The van der Waals surface area contributed by atoms with E-state index in [1.54, 1.807) is 0 Å². The Labute approximate surface area is 143 Å². The number of hydrogen-bond donors (Lipinski definition) is 1. The van der Waals surface area contributed by atoms with Crippen molar-refractivity contribution in [1.82, 2.24) is 5.32 Å². The Morgan fingerprint density at radius 1 is 1.32 bits per heavy atom. The van der Waals surface area contributed by atoms with E-state index in [1.807, 2.05) is 42.5 Å². The average molecular weight is 346 g/mol. The topological polar surface area (TPSA) is 103 Å². The number of carbonyl (C=O) groups excluding carboxylic acids is 1. The van der Waals surface area contributed by atoms with E-state index in [1.165, 1.54) is 0 Å². The van der Waals surface area contributed by atoms with Gasteiger partial charge in [0.1, 0.15) is 12.7 Å². The molecule has 1 heterocycles. The third-order valence-electron chi connectivity index (χ3n) is 3.79. The van der Waals surface area contributed by atoms with Gasteiger partial charge >= 0.3 is 0 Å². The van der Waals surface area contributed by atoms with Gasteiger partial charge in [0.25, 0.3) is 11.0 Å². The Kier molecular flexibility index (Phi) is 5.42. The highest BCUT2D eigenvalue weighted by molar-refractivity contribution is 5.92. The number of rotatable bonds is 9. The largest absolute Gasteiger partial charge is 0.371 e. The fourth-order valence-corrected chi connectivity index (χ4v) is 2.54. The molecule has 0 saturated carbocycles. The molecule has 1 aliphatic rings. The normalized spacial score (nSPS) is 17.0. The van der Waals surface area contributed by atoms with Crippen molar-refractivity contribution in [3.8, 4) is 0 Å². The molecule has 3 rings (SSSR count). The van der Waals surface area contributed by atoms with Crippen molar-refractivity contribution in [3.05, 3.63) is 58.1 Å². The molecule has 0 bridgehead atoms. The number of fused-ring (bicyclic) bond motifs is 1. The summed E-state index contributed by atoms with van der Waals surface area (Å²) < 4.78 is 10.9. The lowest BCUT2D eigenvalue weighted by atomic mass is 10.00. The van der Waals surface area contributed by atoms with Gasteiger partial charge in [-0.05, 0) is 16.3 Å². The van der Waals surface area contributed by atoms with Gasteiger partial charge in [-0.3, -0.25) is 4.79 Å². The van der Waals surface area contributed by atoms with Crippen LogP contribution in [0.4, 0.5) is 0 Å². The standard InChI is InChI=1S/C17H18N2O6/c20-17(18-8-9-25-19(21)22)16(24-11-13-10-23-13)15-7-3-5-12-4-1-2-6-14(12)15/h1-7,13,16H,8-11H2,(H,18,20). The van der Waals surface area contributed by atoms with Crippen LogP contribution in [0.1, 0.15) is 11.7 Å². The Hall–Kier alpha value is -2.71. The second kappa shape index (κ2) is 7.91. The Morgan fingerprint density at radius 2 is 2.08 bits per heavy atom. The van der Waals surface area contributed by atoms with Crippen LogP contribution in [0.5, 0.6) is 0 Å². The van der Waals surface area contributed by atoms with Crippen LogP contribution in [0.3, 0.4) is 0 Å². The minimum absolute atomic E-state index is 0.0168. The van der Waals surface area contributed by atoms with Gasteiger partial charge in [0.05, 0.1) is 13.2 Å². The predicted molar refractivity (Wildman–Crippen MR) is 88.3 cm³/mol. The highest BCUT2D eigenvalue weighted by Crippen LogP contribution is 2.28. The van der Waals surface area contributed by atoms with E-state index in [2.05, 4.69) is 10.2 Å². The molecule has 2 aromatic rings. The van der Waals surface area contributed by atoms with Gasteiger partial charge in [-0.15, -0.1) is 10.1 Å². The molecule has 8 nitrogen and oxygen atoms in total. The summed E-state index contributed by atoms with van der Waals surface area (Å²) in [7, 11) is 0. The second-order valence-electron chi connectivity index (χ2n) is 5.58. The Morgan fingerprint density at radius 3 is 2.84 bits per heavy atom. The lowest BCUT2D eigenvalue weighted by Crippen LogP contribution is -2.34. The van der Waals surface area contributed by atoms with Crippen LogP contribution in [0.15, 0.2) is 42.5 Å². The molecule has 1 N–H and O–H groups in total. The number of epoxide rings is 1. The van der Waals surface area contributed by atoms with Gasteiger partial charge in [-0.25, -0.2) is 0 Å². The number of amides is 1. The summed E-state index contributed by atoms with van der Waals surface area (Å²) in [6, 6.07) is 13.4. The van der Waals surface area contributed by atoms with Gasteiger partial charge < -0.3 is 19.6 Å². The molecule has 0 radical (unpaired) electrons. The van der Waals surface area contributed by atoms with E-state index < -0.39 is 11.2 Å². The van der Waals surface area contributed by atoms with Crippen LogP contribution < -0.4 is 5.32 Å². The molecule has 132 valence electrons. The van der Waals surface area contributed by atoms with E-state index in [-0.39, 0.29) is 25.2 Å². The lowest BCUT2D eigenvalue weighted by molar-refractivity contribution is -0.757. The van der Waals surface area contributed by atoms with E-state index in [9.17, 15) is 14.9 Å². The van der Waals surface area contributed by atoms with Crippen molar-refractivity contribution in [2.75, 3.05) is 26.4 Å². The van der Waals surface area contributed by atoms with Crippen molar-refractivity contribution in [2.45, 2.75) is 12.2 Å². The molecule has 2 unspecified atom stereocenters. The maximum Gasteiger partial charge on any atom is 0.294 e. The molecule has 25 heavy (non-hydrogen) atoms. The fraction of sp³-hybridized carbons (Fsp3) is 0.353. The minimum Gasteiger partial charge on any atom is -0.371 e. The van der Waals surface area contributed by atoms with Gasteiger partial charge in [-0.1, -0.05) is 42.5 Å². The molecule has 0 aromatic heterocycles. The van der Waals surface area contributed by atoms with Crippen LogP contribution >= 0.6 is 0 Å². The van der Waals surface area contributed by atoms with Crippen LogP contribution in [-0.2, 0) is 19.1 Å². The molecule has 2 aromatic carbocycles. The molecule has 1 aliphatic heterocycles. The van der Waals surface area contributed by atoms with Gasteiger partial charge in [-0.2, -0.15) is 0 Å². The maximum absolute atomic E-state index is 12.6. The first-order chi connectivity index (χ1) is 12.1. The Balaban J connectivity index is 1.75. The van der Waals surface area contributed by atoms with Crippen molar-refractivity contribution in [2.24, 2.45) is 0 Å². The molecular formula is C17H18N2O6. The first kappa shape index (κ1) is 17.1. The zero-order valence-corrected chi connectivity index (χ0v) is 13.4. The summed E-state index contributed by atoms with van der Waals surface area (Å²) in [5.74, 6) is -0.371. The molecule has 0 aliphatic carbocycles.